The summed E-state index contributed by atoms with van der Waals surface area (Å²) >= 11 is 1.33. The van der Waals surface area contributed by atoms with Crippen LogP contribution in [-0.4, -0.2) is 77.0 Å². The molecule has 0 radical (unpaired) electrons. The molecule has 0 spiro atoms. The lowest BCUT2D eigenvalue weighted by molar-refractivity contribution is -0.148. The Morgan fingerprint density at radius 3 is 2.17 bits per heavy atom. The minimum absolute atomic E-state index is 0.0255. The third-order valence-electron chi connectivity index (χ3n) is 14.0. The summed E-state index contributed by atoms with van der Waals surface area (Å²) in [6, 6.07) is 0.170. The number of Topliss-reactive ketones (excluding diaryl/α,β-unsaturated/α-hetero) is 1. The molecule has 0 aromatic carbocycles. The second kappa shape index (κ2) is 15.5. The van der Waals surface area contributed by atoms with Crippen molar-refractivity contribution in [1.82, 2.24) is 26.2 Å². The van der Waals surface area contributed by atoms with E-state index in [-0.39, 0.29) is 52.8 Å². The van der Waals surface area contributed by atoms with E-state index in [1.165, 1.54) is 11.3 Å². The number of likely N-dealkylation sites (tertiary alicyclic amines) is 1. The summed E-state index contributed by atoms with van der Waals surface area (Å²) in [5.41, 5.74) is -0.700. The Morgan fingerprint density at radius 1 is 0.849 bits per heavy atom. The molecule has 1 aromatic heterocycles. The van der Waals surface area contributed by atoms with Crippen LogP contribution in [0, 0.1) is 34.5 Å². The SMILES string of the molecule is CC1([C@H](NC(=O)[C@@H](NC(=O)c2cccs2)C2CCCCC2)C(=O)N2C[C@H]3[C@@H]([C@H]2C(=O)NC(CC2CCC2)C(=O)C(=O)NC2CC2)C3(C)C)CCCCC1. The maximum absolute atomic E-state index is 15.1. The lowest BCUT2D eigenvalue weighted by Gasteiger charge is -2.44. The highest BCUT2D eigenvalue weighted by atomic mass is 32.1. The van der Waals surface area contributed by atoms with Gasteiger partial charge in [0.15, 0.2) is 0 Å². The number of carbonyl (C=O) groups excluding carboxylic acids is 6. The van der Waals surface area contributed by atoms with E-state index in [2.05, 4.69) is 42.0 Å². The largest absolute Gasteiger partial charge is 0.347 e. The third-order valence-corrected chi connectivity index (χ3v) is 14.9. The number of fused-ring (bicyclic) bond motifs is 1. The molecule has 7 rings (SSSR count). The van der Waals surface area contributed by atoms with Crippen molar-refractivity contribution in [1.29, 1.82) is 0 Å². The molecule has 5 amide bonds. The minimum atomic E-state index is -0.945. The Kier molecular flexibility index (Phi) is 11.1. The van der Waals surface area contributed by atoms with Gasteiger partial charge in [0.2, 0.25) is 23.5 Å². The van der Waals surface area contributed by atoms with Gasteiger partial charge in [-0.2, -0.15) is 0 Å². The van der Waals surface area contributed by atoms with Crippen LogP contribution in [0.15, 0.2) is 17.5 Å². The number of amides is 5. The second-order valence-electron chi connectivity index (χ2n) is 18.1. The van der Waals surface area contributed by atoms with Crippen LogP contribution in [0.2, 0.25) is 0 Å². The van der Waals surface area contributed by atoms with Crippen LogP contribution < -0.4 is 21.3 Å². The molecule has 53 heavy (non-hydrogen) atoms. The smallest absolute Gasteiger partial charge is 0.289 e. The van der Waals surface area contributed by atoms with Crippen molar-refractivity contribution < 1.29 is 28.8 Å². The van der Waals surface area contributed by atoms with Gasteiger partial charge in [-0.05, 0) is 90.9 Å². The van der Waals surface area contributed by atoms with Crippen LogP contribution in [0.3, 0.4) is 0 Å². The van der Waals surface area contributed by atoms with E-state index in [4.69, 9.17) is 0 Å². The van der Waals surface area contributed by atoms with E-state index in [0.29, 0.717) is 17.8 Å². The Morgan fingerprint density at radius 2 is 1.55 bits per heavy atom. The van der Waals surface area contributed by atoms with Gasteiger partial charge in [-0.1, -0.05) is 84.6 Å². The Hall–Kier alpha value is -3.28. The van der Waals surface area contributed by atoms with Crippen molar-refractivity contribution in [3.63, 3.8) is 0 Å². The number of piperidine rings is 1. The molecule has 4 N–H and O–H groups in total. The number of hydrogen-bond acceptors (Lipinski definition) is 7. The van der Waals surface area contributed by atoms with Crippen molar-refractivity contribution in [3.8, 4) is 0 Å². The standard InChI is InChI=1S/C41H59N5O6S/c1-40(2)27-23-46(32(30(27)40)37(50)43-28(22-24-12-10-13-24)33(47)38(51)42-26-17-18-26)39(52)34(41(3)19-8-5-9-20-41)45-36(49)31(25-14-6-4-7-15-25)44-35(48)29-16-11-21-53-29/h11,16,21,24-28,30-32,34H,4-10,12-15,17-20,22-23H2,1-3H3,(H,42,51)(H,43,50)(H,44,48)(H,45,49)/t27-,28?,30-,31-,32-,34+/m0/s1. The molecule has 1 aromatic rings. The van der Waals surface area contributed by atoms with Crippen molar-refractivity contribution >= 4 is 46.7 Å². The highest BCUT2D eigenvalue weighted by Gasteiger charge is 2.70. The maximum atomic E-state index is 15.1. The first-order valence-corrected chi connectivity index (χ1v) is 21.4. The summed E-state index contributed by atoms with van der Waals surface area (Å²) in [7, 11) is 0. The molecular weight excluding hydrogens is 691 g/mol. The second-order valence-corrected chi connectivity index (χ2v) is 19.0. The fourth-order valence-corrected chi connectivity index (χ4v) is 10.7. The molecule has 5 aliphatic carbocycles. The number of carbonyl (C=O) groups is 6. The highest BCUT2D eigenvalue weighted by Crippen LogP contribution is 2.65. The maximum Gasteiger partial charge on any atom is 0.289 e. The number of nitrogens with one attached hydrogen (secondary N) is 4. The number of hydrogen-bond donors (Lipinski definition) is 4. The first kappa shape index (κ1) is 38.0. The molecule has 0 bridgehead atoms. The summed E-state index contributed by atoms with van der Waals surface area (Å²) < 4.78 is 0. The summed E-state index contributed by atoms with van der Waals surface area (Å²) in [4.78, 5) is 86.1. The Balaban J connectivity index is 1.14. The molecule has 6 atom stereocenters. The zero-order valence-corrected chi connectivity index (χ0v) is 32.6. The molecule has 1 saturated heterocycles. The molecule has 1 aliphatic heterocycles. The summed E-state index contributed by atoms with van der Waals surface area (Å²) in [6.07, 6.45) is 14.3. The van der Waals surface area contributed by atoms with E-state index in [1.807, 2.05) is 11.4 Å². The predicted octanol–water partition coefficient (Wildman–Crippen LogP) is 4.89. The van der Waals surface area contributed by atoms with Gasteiger partial charge >= 0.3 is 0 Å². The van der Waals surface area contributed by atoms with Gasteiger partial charge in [-0.15, -0.1) is 11.3 Å². The van der Waals surface area contributed by atoms with Gasteiger partial charge in [0.25, 0.3) is 11.8 Å². The zero-order chi connectivity index (χ0) is 37.5. The molecule has 12 heteroatoms. The molecule has 290 valence electrons. The van der Waals surface area contributed by atoms with Gasteiger partial charge in [0, 0.05) is 12.6 Å². The van der Waals surface area contributed by atoms with Gasteiger partial charge in [0.1, 0.15) is 18.1 Å². The van der Waals surface area contributed by atoms with Crippen LogP contribution in [0.5, 0.6) is 0 Å². The van der Waals surface area contributed by atoms with Crippen molar-refractivity contribution in [2.75, 3.05) is 6.54 Å². The Labute approximate surface area is 317 Å². The predicted molar refractivity (Wildman–Crippen MR) is 202 cm³/mol. The zero-order valence-electron chi connectivity index (χ0n) is 31.8. The summed E-state index contributed by atoms with van der Waals surface area (Å²) in [5.74, 6) is -2.31. The lowest BCUT2D eigenvalue weighted by Crippen LogP contribution is -2.64. The normalized spacial score (nSPS) is 28.0. The summed E-state index contributed by atoms with van der Waals surface area (Å²) in [5, 5.41) is 13.9. The fraction of sp³-hybridized carbons (Fsp3) is 0.756. The van der Waals surface area contributed by atoms with E-state index in [1.54, 1.807) is 11.0 Å². The number of thiophene rings is 1. The van der Waals surface area contributed by atoms with E-state index >= 15 is 4.79 Å². The quantitative estimate of drug-likeness (QED) is 0.199. The van der Waals surface area contributed by atoms with E-state index in [0.717, 1.165) is 96.3 Å². The Bertz CT molecular complexity index is 1560. The van der Waals surface area contributed by atoms with Crippen LogP contribution in [-0.2, 0) is 24.0 Å². The average Bonchev–Trinajstić information content (AvgIpc) is 3.82. The molecule has 5 saturated carbocycles. The van der Waals surface area contributed by atoms with Crippen molar-refractivity contribution in [2.24, 2.45) is 34.5 Å². The molecular formula is C41H59N5O6S. The van der Waals surface area contributed by atoms with Crippen molar-refractivity contribution in [3.05, 3.63) is 22.4 Å². The average molecular weight is 750 g/mol. The van der Waals surface area contributed by atoms with Crippen molar-refractivity contribution in [2.45, 2.75) is 154 Å². The van der Waals surface area contributed by atoms with Gasteiger partial charge < -0.3 is 26.2 Å². The van der Waals surface area contributed by atoms with E-state index < -0.39 is 47.2 Å². The van der Waals surface area contributed by atoms with Crippen LogP contribution in [0.1, 0.15) is 133 Å². The van der Waals surface area contributed by atoms with Crippen LogP contribution in [0.4, 0.5) is 0 Å². The summed E-state index contributed by atoms with van der Waals surface area (Å²) in [6.45, 7) is 6.71. The first-order valence-electron chi connectivity index (χ1n) is 20.5. The number of nitrogens with zero attached hydrogens (tertiary/aromatic N) is 1. The molecule has 1 unspecified atom stereocenters. The highest BCUT2D eigenvalue weighted by molar-refractivity contribution is 7.12. The topological polar surface area (TPSA) is 154 Å². The van der Waals surface area contributed by atoms with Crippen LogP contribution in [0.25, 0.3) is 0 Å². The third kappa shape index (κ3) is 8.08. The number of rotatable bonds is 14. The molecule has 6 aliphatic rings. The van der Waals surface area contributed by atoms with Crippen LogP contribution >= 0.6 is 11.3 Å². The first-order chi connectivity index (χ1) is 25.4. The van der Waals surface area contributed by atoms with E-state index in [9.17, 15) is 24.0 Å². The fourth-order valence-electron chi connectivity index (χ4n) is 10.1. The molecule has 6 fully saturated rings. The van der Waals surface area contributed by atoms with Gasteiger partial charge in [-0.25, -0.2) is 0 Å². The monoisotopic (exact) mass is 749 g/mol. The minimum Gasteiger partial charge on any atom is -0.347 e. The lowest BCUT2D eigenvalue weighted by atomic mass is 9.69. The molecule has 2 heterocycles. The number of ketones is 1. The van der Waals surface area contributed by atoms with Gasteiger partial charge in [0.05, 0.1) is 10.9 Å². The molecule has 11 nitrogen and oxygen atoms in total. The van der Waals surface area contributed by atoms with Gasteiger partial charge in [-0.3, -0.25) is 28.8 Å².